The Morgan fingerprint density at radius 3 is 2.59 bits per heavy atom. The molecule has 0 spiro atoms. The topological polar surface area (TPSA) is 125 Å². The first-order valence-corrected chi connectivity index (χ1v) is 4.74. The van der Waals surface area contributed by atoms with Crippen LogP contribution in [0, 0.1) is 0 Å². The molecule has 8 heteroatoms. The zero-order chi connectivity index (χ0) is 12.6. The molecule has 2 heterocycles. The quantitative estimate of drug-likeness (QED) is 0.513. The highest BCUT2D eigenvalue weighted by atomic mass is 16.6. The van der Waals surface area contributed by atoms with Crippen molar-refractivity contribution < 1.29 is 20.1 Å². The summed E-state index contributed by atoms with van der Waals surface area (Å²) in [5, 5.41) is 27.8. The van der Waals surface area contributed by atoms with Crippen molar-refractivity contribution in [2.24, 2.45) is 0 Å². The van der Waals surface area contributed by atoms with Crippen LogP contribution in [0.1, 0.15) is 6.23 Å². The largest absolute Gasteiger partial charge is 0.506 e. The Kier molecular flexibility index (Phi) is 2.74. The van der Waals surface area contributed by atoms with Gasteiger partial charge in [-0.25, -0.2) is 4.79 Å². The molecule has 2 rings (SSSR count). The first-order valence-electron chi connectivity index (χ1n) is 4.74. The summed E-state index contributed by atoms with van der Waals surface area (Å²) in [5.41, 5.74) is -1.38. The van der Waals surface area contributed by atoms with Crippen molar-refractivity contribution in [1.82, 2.24) is 9.55 Å². The molecule has 1 aromatic heterocycles. The Bertz CT molecular complexity index is 571. The molecule has 0 radical (unpaired) electrons. The van der Waals surface area contributed by atoms with Gasteiger partial charge in [0, 0.05) is 12.3 Å². The number of H-pyrrole nitrogens is 1. The van der Waals surface area contributed by atoms with E-state index < -0.39 is 41.7 Å². The minimum Gasteiger partial charge on any atom is -0.506 e. The molecule has 8 nitrogen and oxygen atoms in total. The Morgan fingerprint density at radius 2 is 2.06 bits per heavy atom. The van der Waals surface area contributed by atoms with Crippen molar-refractivity contribution in [2.45, 2.75) is 12.3 Å². The molecule has 1 aromatic rings. The van der Waals surface area contributed by atoms with E-state index >= 15 is 0 Å². The molecule has 0 saturated heterocycles. The number of aromatic amines is 1. The number of rotatable bonds is 2. The van der Waals surface area contributed by atoms with Gasteiger partial charge in [-0.2, -0.15) is 0 Å². The summed E-state index contributed by atoms with van der Waals surface area (Å²) in [6.45, 7) is -0.537. The van der Waals surface area contributed by atoms with Gasteiger partial charge in [0.1, 0.15) is 6.10 Å². The van der Waals surface area contributed by atoms with Gasteiger partial charge in [0.15, 0.2) is 17.7 Å². The number of hydrogen-bond donors (Lipinski definition) is 4. The summed E-state index contributed by atoms with van der Waals surface area (Å²) in [7, 11) is 0. The summed E-state index contributed by atoms with van der Waals surface area (Å²) in [6.07, 6.45) is -1.22. The molecule has 92 valence electrons. The van der Waals surface area contributed by atoms with Crippen LogP contribution < -0.4 is 11.2 Å². The van der Waals surface area contributed by atoms with E-state index in [1.165, 1.54) is 0 Å². The van der Waals surface area contributed by atoms with Crippen molar-refractivity contribution in [3.05, 3.63) is 44.6 Å². The first kappa shape index (κ1) is 11.4. The van der Waals surface area contributed by atoms with Crippen LogP contribution in [-0.2, 0) is 4.74 Å². The average molecular weight is 242 g/mol. The highest BCUT2D eigenvalue weighted by molar-refractivity contribution is 5.13. The van der Waals surface area contributed by atoms with E-state index in [0.29, 0.717) is 0 Å². The third-order valence-electron chi connectivity index (χ3n) is 2.36. The van der Waals surface area contributed by atoms with Gasteiger partial charge in [-0.1, -0.05) is 0 Å². The van der Waals surface area contributed by atoms with E-state index in [4.69, 9.17) is 9.84 Å². The number of nitrogens with zero attached hydrogens (tertiary/aromatic N) is 1. The van der Waals surface area contributed by atoms with Gasteiger partial charge >= 0.3 is 5.69 Å². The molecule has 2 atom stereocenters. The second kappa shape index (κ2) is 4.07. The summed E-state index contributed by atoms with van der Waals surface area (Å²) in [5.74, 6) is -1.10. The Morgan fingerprint density at radius 1 is 1.35 bits per heavy atom. The summed E-state index contributed by atoms with van der Waals surface area (Å²) >= 11 is 0. The summed E-state index contributed by atoms with van der Waals surface area (Å²) < 4.78 is 5.95. The lowest BCUT2D eigenvalue weighted by Crippen LogP contribution is -2.32. The van der Waals surface area contributed by atoms with E-state index in [0.717, 1.165) is 16.8 Å². The fourth-order valence-corrected chi connectivity index (χ4v) is 1.51. The fourth-order valence-electron chi connectivity index (χ4n) is 1.51. The molecule has 0 aliphatic carbocycles. The smallest absolute Gasteiger partial charge is 0.330 e. The minimum atomic E-state index is -1.25. The molecule has 17 heavy (non-hydrogen) atoms. The molecule has 0 aromatic carbocycles. The maximum Gasteiger partial charge on any atom is 0.330 e. The molecular formula is C9H10N2O6. The lowest BCUT2D eigenvalue weighted by Gasteiger charge is -2.14. The first-order chi connectivity index (χ1) is 8.04. The average Bonchev–Trinajstić information content (AvgIpc) is 2.57. The van der Waals surface area contributed by atoms with Crippen LogP contribution in [0.5, 0.6) is 0 Å². The molecule has 1 aliphatic heterocycles. The van der Waals surface area contributed by atoms with Crippen LogP contribution in [-0.4, -0.2) is 37.6 Å². The molecule has 0 amide bonds. The van der Waals surface area contributed by atoms with Crippen molar-refractivity contribution >= 4 is 0 Å². The van der Waals surface area contributed by atoms with Crippen LogP contribution in [0.25, 0.3) is 0 Å². The normalized spacial score (nSPS) is 24.3. The predicted molar refractivity (Wildman–Crippen MR) is 54.6 cm³/mol. The van der Waals surface area contributed by atoms with Crippen molar-refractivity contribution in [2.75, 3.05) is 6.61 Å². The monoisotopic (exact) mass is 242 g/mol. The van der Waals surface area contributed by atoms with Crippen LogP contribution in [0.4, 0.5) is 0 Å². The Labute approximate surface area is 94.0 Å². The summed E-state index contributed by atoms with van der Waals surface area (Å²) in [6, 6.07) is 1.07. The predicted octanol–water partition coefficient (Wildman–Crippen LogP) is -1.25. The van der Waals surface area contributed by atoms with Crippen LogP contribution in [0.2, 0.25) is 0 Å². The van der Waals surface area contributed by atoms with Gasteiger partial charge in [0.25, 0.3) is 5.56 Å². The van der Waals surface area contributed by atoms with Crippen molar-refractivity contribution in [3.8, 4) is 0 Å². The zero-order valence-electron chi connectivity index (χ0n) is 8.53. The molecule has 0 unspecified atom stereocenters. The molecule has 0 bridgehead atoms. The maximum atomic E-state index is 11.4. The summed E-state index contributed by atoms with van der Waals surface area (Å²) in [4.78, 5) is 24.3. The van der Waals surface area contributed by atoms with Gasteiger partial charge in [-0.3, -0.25) is 14.3 Å². The second-order valence-electron chi connectivity index (χ2n) is 3.45. The minimum absolute atomic E-state index is 0.532. The third kappa shape index (κ3) is 1.83. The van der Waals surface area contributed by atoms with Crippen molar-refractivity contribution in [1.29, 1.82) is 0 Å². The number of aliphatic hydroxyl groups excluding tert-OH is 3. The van der Waals surface area contributed by atoms with E-state index in [1.807, 2.05) is 4.98 Å². The van der Waals surface area contributed by atoms with Gasteiger partial charge in [-0.15, -0.1) is 0 Å². The zero-order valence-corrected chi connectivity index (χ0v) is 8.53. The highest BCUT2D eigenvalue weighted by Gasteiger charge is 2.36. The van der Waals surface area contributed by atoms with Gasteiger partial charge < -0.3 is 20.1 Å². The van der Waals surface area contributed by atoms with Crippen LogP contribution >= 0.6 is 0 Å². The molecule has 0 fully saturated rings. The Hall–Kier alpha value is -2.06. The molecule has 4 N–H and O–H groups in total. The van der Waals surface area contributed by atoms with Gasteiger partial charge in [0.2, 0.25) is 0 Å². The van der Waals surface area contributed by atoms with E-state index in [9.17, 15) is 19.8 Å². The molecular weight excluding hydrogens is 232 g/mol. The number of aromatic nitrogens is 2. The highest BCUT2D eigenvalue weighted by Crippen LogP contribution is 2.29. The van der Waals surface area contributed by atoms with Gasteiger partial charge in [0.05, 0.1) is 6.61 Å². The lowest BCUT2D eigenvalue weighted by atomic mass is 10.3. The SMILES string of the molecule is O=c1ccn([C@@H]2O[C@H](CO)C(O)=C2O)c(=O)[nH]1. The number of nitrogens with one attached hydrogen (secondary N) is 1. The fraction of sp³-hybridized carbons (Fsp3) is 0.333. The second-order valence-corrected chi connectivity index (χ2v) is 3.45. The molecule has 1 aliphatic rings. The lowest BCUT2D eigenvalue weighted by molar-refractivity contribution is -0.0368. The number of ether oxygens (including phenoxy) is 1. The van der Waals surface area contributed by atoms with Crippen LogP contribution in [0.15, 0.2) is 33.4 Å². The van der Waals surface area contributed by atoms with E-state index in [-0.39, 0.29) is 0 Å². The van der Waals surface area contributed by atoms with E-state index in [2.05, 4.69) is 0 Å². The Balaban J connectivity index is 2.44. The van der Waals surface area contributed by atoms with E-state index in [1.54, 1.807) is 0 Å². The number of hydrogen-bond acceptors (Lipinski definition) is 6. The van der Waals surface area contributed by atoms with Gasteiger partial charge in [-0.05, 0) is 0 Å². The maximum absolute atomic E-state index is 11.4. The van der Waals surface area contributed by atoms with Crippen molar-refractivity contribution in [3.63, 3.8) is 0 Å². The standard InChI is InChI=1S/C9H10N2O6/c12-3-4-6(14)7(15)8(17-4)11-2-1-5(13)10-9(11)16/h1-2,4,8,12,14-15H,3H2,(H,10,13,16)/t4-,8-/m1/s1. The number of aliphatic hydroxyl groups is 3. The third-order valence-corrected chi connectivity index (χ3v) is 2.36. The molecule has 0 saturated carbocycles. The van der Waals surface area contributed by atoms with Crippen LogP contribution in [0.3, 0.4) is 0 Å².